The highest BCUT2D eigenvalue weighted by atomic mass is 79.9. The summed E-state index contributed by atoms with van der Waals surface area (Å²) in [5.41, 5.74) is 6.30. The average molecular weight is 609 g/mol. The van der Waals surface area contributed by atoms with Crippen molar-refractivity contribution >= 4 is 50.4 Å². The maximum absolute atomic E-state index is 14.4. The summed E-state index contributed by atoms with van der Waals surface area (Å²) in [5, 5.41) is 7.16. The fourth-order valence-corrected chi connectivity index (χ4v) is 4.62. The summed E-state index contributed by atoms with van der Waals surface area (Å²) in [5.74, 6) is 3.31. The summed E-state index contributed by atoms with van der Waals surface area (Å²) in [6, 6.07) is 8.66. The molecule has 3 N–H and O–H groups in total. The number of carbonyl (C=O) groups is 3. The summed E-state index contributed by atoms with van der Waals surface area (Å²) in [6.07, 6.45) is 0.419. The maximum atomic E-state index is 14.4. The van der Waals surface area contributed by atoms with E-state index in [1.807, 2.05) is 0 Å². The summed E-state index contributed by atoms with van der Waals surface area (Å²) >= 11 is 3.22. The summed E-state index contributed by atoms with van der Waals surface area (Å²) in [4.78, 5) is 51.1. The van der Waals surface area contributed by atoms with Crippen LogP contribution in [0.5, 0.6) is 0 Å². The number of hydrogen-bond donors (Lipinski definition) is 2. The highest BCUT2D eigenvalue weighted by molar-refractivity contribution is 9.10. The lowest BCUT2D eigenvalue weighted by Crippen LogP contribution is -2.44. The molecule has 1 aliphatic rings. The lowest BCUT2D eigenvalue weighted by molar-refractivity contribution is -0.137. The van der Waals surface area contributed by atoms with E-state index in [1.54, 1.807) is 36.4 Å². The van der Waals surface area contributed by atoms with Crippen LogP contribution in [0.15, 0.2) is 53.4 Å². The van der Waals surface area contributed by atoms with E-state index in [2.05, 4.69) is 53.1 Å². The molecule has 1 saturated heterocycles. The molecule has 1 aromatic carbocycles. The van der Waals surface area contributed by atoms with Crippen LogP contribution in [-0.4, -0.2) is 66.1 Å². The van der Waals surface area contributed by atoms with Gasteiger partial charge in [-0.05, 0) is 52.2 Å². The molecule has 11 nitrogen and oxygen atoms in total. The molecule has 0 saturated carbocycles. The third kappa shape index (κ3) is 5.79. The van der Waals surface area contributed by atoms with Crippen LogP contribution in [0.4, 0.5) is 14.6 Å². The van der Waals surface area contributed by atoms with E-state index in [1.165, 1.54) is 4.68 Å². The largest absolute Gasteiger partial charge is 0.364 e. The van der Waals surface area contributed by atoms with Crippen LogP contribution in [0, 0.1) is 17.7 Å². The molecule has 0 bridgehead atoms. The van der Waals surface area contributed by atoms with Crippen LogP contribution in [0.3, 0.4) is 0 Å². The number of primary amides is 1. The topological polar surface area (TPSA) is 149 Å². The van der Waals surface area contributed by atoms with Gasteiger partial charge in [0.25, 0.3) is 5.91 Å². The number of pyridine rings is 1. The molecule has 0 spiro atoms. The van der Waals surface area contributed by atoms with E-state index in [0.29, 0.717) is 21.1 Å². The zero-order valence-electron chi connectivity index (χ0n) is 20.5. The number of anilines is 1. The molecular weight excluding hydrogens is 590 g/mol. The van der Waals surface area contributed by atoms with Crippen LogP contribution in [0.25, 0.3) is 10.9 Å². The lowest BCUT2D eigenvalue weighted by Gasteiger charge is -2.23. The first kappa shape index (κ1) is 26.8. The number of benzene rings is 1. The predicted molar refractivity (Wildman–Crippen MR) is 142 cm³/mol. The van der Waals surface area contributed by atoms with E-state index >= 15 is 0 Å². The van der Waals surface area contributed by atoms with Gasteiger partial charge in [-0.1, -0.05) is 12.0 Å². The van der Waals surface area contributed by atoms with Crippen molar-refractivity contribution in [2.45, 2.75) is 25.2 Å². The quantitative estimate of drug-likeness (QED) is 0.260. The van der Waals surface area contributed by atoms with Gasteiger partial charge in [0.2, 0.25) is 17.6 Å². The zero-order chi connectivity index (χ0) is 28.4. The van der Waals surface area contributed by atoms with Crippen molar-refractivity contribution in [3.63, 3.8) is 0 Å². The molecule has 1 fully saturated rings. The molecule has 1 aliphatic heterocycles. The van der Waals surface area contributed by atoms with Gasteiger partial charge in [0.15, 0.2) is 11.5 Å². The number of nitrogens with zero attached hydrogens (tertiary/aromatic N) is 6. The Morgan fingerprint density at radius 1 is 1.15 bits per heavy atom. The van der Waals surface area contributed by atoms with E-state index < -0.39 is 35.8 Å². The normalized spacial score (nSPS) is 16.4. The number of fused-ring (bicyclic) bond motifs is 1. The van der Waals surface area contributed by atoms with Gasteiger partial charge < -0.3 is 16.0 Å². The standard InChI is InChI=1S/C26H19BrF2N8O3/c27-20-2-1-3-22(33-20)34-26(40)19-9-15(28)12-36(19)23(38)13-37-18-6-4-14(8-17(18)24(35-37)25(30)39)5-7-21-31-10-16(29)11-32-21/h1-4,6,8,10-11,15,19H,9,12-13H2,(H2,30,39)(H,33,34,40)/t15-,19+/m1/s1. The van der Waals surface area contributed by atoms with E-state index in [0.717, 1.165) is 17.3 Å². The molecule has 5 rings (SSSR count). The molecule has 4 heterocycles. The summed E-state index contributed by atoms with van der Waals surface area (Å²) < 4.78 is 29.2. The Labute approximate surface area is 233 Å². The van der Waals surface area contributed by atoms with Crippen LogP contribution in [-0.2, 0) is 16.1 Å². The SMILES string of the molecule is NC(=O)c1nn(CC(=O)N2C[C@H](F)C[C@H]2C(=O)Nc2cccc(Br)n2)c2ccc(C#Cc3ncc(F)cn3)cc12. The molecule has 4 aromatic rings. The number of halogens is 3. The zero-order valence-corrected chi connectivity index (χ0v) is 22.1. The number of rotatable bonds is 5. The van der Waals surface area contributed by atoms with Gasteiger partial charge in [0, 0.05) is 17.4 Å². The molecule has 3 amide bonds. The van der Waals surface area contributed by atoms with Crippen molar-refractivity contribution in [2.75, 3.05) is 11.9 Å². The van der Waals surface area contributed by atoms with Crippen LogP contribution >= 0.6 is 15.9 Å². The van der Waals surface area contributed by atoms with Gasteiger partial charge in [0.1, 0.15) is 29.2 Å². The molecule has 3 aromatic heterocycles. The Hall–Kier alpha value is -4.77. The smallest absolute Gasteiger partial charge is 0.269 e. The predicted octanol–water partition coefficient (Wildman–Crippen LogP) is 2.20. The number of aromatic nitrogens is 5. The average Bonchev–Trinajstić information content (AvgIpc) is 3.49. The second-order valence-corrected chi connectivity index (χ2v) is 9.62. The van der Waals surface area contributed by atoms with Crippen molar-refractivity contribution in [1.29, 1.82) is 0 Å². The minimum atomic E-state index is -1.39. The van der Waals surface area contributed by atoms with Crippen molar-refractivity contribution in [3.05, 3.63) is 76.3 Å². The van der Waals surface area contributed by atoms with Gasteiger partial charge in [-0.25, -0.2) is 23.7 Å². The molecule has 0 radical (unpaired) electrons. The fourth-order valence-electron chi connectivity index (χ4n) is 4.28. The molecule has 202 valence electrons. The molecule has 40 heavy (non-hydrogen) atoms. The first-order chi connectivity index (χ1) is 19.2. The van der Waals surface area contributed by atoms with Crippen LogP contribution < -0.4 is 11.1 Å². The maximum Gasteiger partial charge on any atom is 0.269 e. The van der Waals surface area contributed by atoms with E-state index in [4.69, 9.17) is 5.73 Å². The van der Waals surface area contributed by atoms with Gasteiger partial charge >= 0.3 is 0 Å². The van der Waals surface area contributed by atoms with Gasteiger partial charge in [0.05, 0.1) is 24.5 Å². The number of hydrogen-bond acceptors (Lipinski definition) is 7. The van der Waals surface area contributed by atoms with Crippen molar-refractivity contribution in [1.82, 2.24) is 29.6 Å². The molecule has 0 unspecified atom stereocenters. The highest BCUT2D eigenvalue weighted by Gasteiger charge is 2.40. The third-order valence-electron chi connectivity index (χ3n) is 6.05. The number of carbonyl (C=O) groups excluding carboxylic acids is 3. The molecule has 2 atom stereocenters. The Bertz CT molecular complexity index is 1700. The monoisotopic (exact) mass is 608 g/mol. The highest BCUT2D eigenvalue weighted by Crippen LogP contribution is 2.25. The van der Waals surface area contributed by atoms with Crippen molar-refractivity contribution < 1.29 is 23.2 Å². The first-order valence-electron chi connectivity index (χ1n) is 11.8. The van der Waals surface area contributed by atoms with Gasteiger partial charge in [-0.2, -0.15) is 5.10 Å². The Kier molecular flexibility index (Phi) is 7.47. The second kappa shape index (κ2) is 11.1. The number of nitrogens with two attached hydrogens (primary N) is 1. The Balaban J connectivity index is 1.38. The van der Waals surface area contributed by atoms with Gasteiger partial charge in [-0.15, -0.1) is 0 Å². The number of alkyl halides is 1. The fraction of sp³-hybridized carbons (Fsp3) is 0.192. The summed E-state index contributed by atoms with van der Waals surface area (Å²) in [7, 11) is 0. The van der Waals surface area contributed by atoms with Crippen LogP contribution in [0.2, 0.25) is 0 Å². The number of likely N-dealkylation sites (tertiary alicyclic amines) is 1. The third-order valence-corrected chi connectivity index (χ3v) is 6.49. The summed E-state index contributed by atoms with van der Waals surface area (Å²) in [6.45, 7) is -0.639. The Morgan fingerprint density at radius 2 is 1.93 bits per heavy atom. The van der Waals surface area contributed by atoms with E-state index in [9.17, 15) is 23.2 Å². The van der Waals surface area contributed by atoms with Crippen LogP contribution in [0.1, 0.15) is 28.3 Å². The van der Waals surface area contributed by atoms with Crippen molar-refractivity contribution in [3.8, 4) is 11.8 Å². The number of amides is 3. The minimum Gasteiger partial charge on any atom is -0.364 e. The van der Waals surface area contributed by atoms with Crippen molar-refractivity contribution in [2.24, 2.45) is 5.73 Å². The van der Waals surface area contributed by atoms with E-state index in [-0.39, 0.29) is 36.8 Å². The lowest BCUT2D eigenvalue weighted by atomic mass is 10.1. The molecular formula is C26H19BrF2N8O3. The first-order valence-corrected chi connectivity index (χ1v) is 12.6. The molecule has 0 aliphatic carbocycles. The molecule has 14 heteroatoms. The Morgan fingerprint density at radius 3 is 2.65 bits per heavy atom. The minimum absolute atomic E-state index is 0.0932. The van der Waals surface area contributed by atoms with Gasteiger partial charge in [-0.3, -0.25) is 19.1 Å². The second-order valence-electron chi connectivity index (χ2n) is 8.81. The number of nitrogens with one attached hydrogen (secondary N) is 1.